The maximum absolute atomic E-state index is 12.2. The Bertz CT molecular complexity index is 296. The number of carbonyl (C=O) groups excluding carboxylic acids is 1. The van der Waals surface area contributed by atoms with Gasteiger partial charge in [0.05, 0.1) is 13.2 Å². The fourth-order valence-electron chi connectivity index (χ4n) is 2.22. The van der Waals surface area contributed by atoms with E-state index in [0.717, 1.165) is 12.8 Å². The van der Waals surface area contributed by atoms with Crippen LogP contribution in [0, 0.1) is 5.92 Å². The zero-order valence-electron chi connectivity index (χ0n) is 11.7. The average molecular weight is 279 g/mol. The second-order valence-corrected chi connectivity index (χ2v) is 5.17. The first-order valence-corrected chi connectivity index (χ1v) is 6.73. The van der Waals surface area contributed by atoms with Gasteiger partial charge in [-0.05, 0) is 39.5 Å². The minimum absolute atomic E-state index is 0.0418. The predicted octanol–water partition coefficient (Wildman–Crippen LogP) is 1.98. The number of rotatable bonds is 9. The van der Waals surface area contributed by atoms with Crippen molar-refractivity contribution in [3.8, 4) is 0 Å². The molecule has 1 unspecified atom stereocenters. The van der Waals surface area contributed by atoms with Crippen LogP contribution < -0.4 is 5.32 Å². The molecule has 1 fully saturated rings. The fourth-order valence-corrected chi connectivity index (χ4v) is 2.22. The lowest BCUT2D eigenvalue weighted by Crippen LogP contribution is -2.60. The molecule has 0 amide bonds. The number of nitrogens with one attached hydrogen (secondary N) is 1. The van der Waals surface area contributed by atoms with Crippen molar-refractivity contribution in [1.82, 2.24) is 5.32 Å². The number of ether oxygens (including phenoxy) is 2. The number of carbonyl (C=O) groups is 1. The summed E-state index contributed by atoms with van der Waals surface area (Å²) in [6.07, 6.45) is -0.759. The van der Waals surface area contributed by atoms with E-state index in [1.807, 2.05) is 13.8 Å². The average Bonchev–Trinajstić information content (AvgIpc) is 3.10. The fraction of sp³-hybridized carbons (Fsp3) is 0.923. The maximum atomic E-state index is 12.2. The van der Waals surface area contributed by atoms with E-state index < -0.39 is 24.5 Å². The number of hydrogen-bond donors (Lipinski definition) is 1. The number of halogens is 2. The van der Waals surface area contributed by atoms with Crippen molar-refractivity contribution in [2.24, 2.45) is 5.92 Å². The molecule has 4 nitrogen and oxygen atoms in total. The first-order chi connectivity index (χ1) is 8.92. The van der Waals surface area contributed by atoms with E-state index >= 15 is 0 Å². The number of alkyl halides is 2. The largest absolute Gasteiger partial charge is 0.465 e. The van der Waals surface area contributed by atoms with Crippen LogP contribution in [0.15, 0.2) is 0 Å². The van der Waals surface area contributed by atoms with E-state index in [1.165, 1.54) is 0 Å². The normalized spacial score (nSPS) is 18.7. The van der Waals surface area contributed by atoms with E-state index in [9.17, 15) is 13.6 Å². The lowest BCUT2D eigenvalue weighted by Gasteiger charge is -2.34. The van der Waals surface area contributed by atoms with Crippen LogP contribution >= 0.6 is 0 Å². The minimum Gasteiger partial charge on any atom is -0.465 e. The SMILES string of the molecule is CCOC(=O)C(COCC(F)F)(NC(C)C)C1CC1. The lowest BCUT2D eigenvalue weighted by atomic mass is 9.93. The summed E-state index contributed by atoms with van der Waals surface area (Å²) in [5.41, 5.74) is -0.987. The summed E-state index contributed by atoms with van der Waals surface area (Å²) < 4.78 is 34.5. The summed E-state index contributed by atoms with van der Waals surface area (Å²) in [5, 5.41) is 3.17. The van der Waals surface area contributed by atoms with Gasteiger partial charge in [-0.2, -0.15) is 0 Å². The monoisotopic (exact) mass is 279 g/mol. The third-order valence-electron chi connectivity index (χ3n) is 3.03. The highest BCUT2D eigenvalue weighted by Crippen LogP contribution is 2.41. The molecule has 0 bridgehead atoms. The van der Waals surface area contributed by atoms with Crippen LogP contribution in [0.3, 0.4) is 0 Å². The zero-order valence-corrected chi connectivity index (χ0v) is 11.7. The predicted molar refractivity (Wildman–Crippen MR) is 67.2 cm³/mol. The summed E-state index contributed by atoms with van der Waals surface area (Å²) in [5.74, 6) is -0.299. The Morgan fingerprint density at radius 1 is 1.42 bits per heavy atom. The number of esters is 1. The van der Waals surface area contributed by atoms with Gasteiger partial charge in [-0.25, -0.2) is 13.6 Å². The first-order valence-electron chi connectivity index (χ1n) is 6.73. The van der Waals surface area contributed by atoms with Crippen LogP contribution in [0.1, 0.15) is 33.6 Å². The van der Waals surface area contributed by atoms with E-state index in [1.54, 1.807) is 6.92 Å². The molecule has 0 aromatic heterocycles. The van der Waals surface area contributed by atoms with Crippen molar-refractivity contribution < 1.29 is 23.0 Å². The van der Waals surface area contributed by atoms with Gasteiger partial charge in [0.25, 0.3) is 6.43 Å². The number of hydrogen-bond acceptors (Lipinski definition) is 4. The van der Waals surface area contributed by atoms with Gasteiger partial charge in [0.15, 0.2) is 0 Å². The molecular formula is C13H23F2NO3. The Labute approximate surface area is 112 Å². The molecule has 1 saturated carbocycles. The van der Waals surface area contributed by atoms with Crippen LogP contribution in [0.2, 0.25) is 0 Å². The van der Waals surface area contributed by atoms with Crippen molar-refractivity contribution in [1.29, 1.82) is 0 Å². The molecule has 1 aliphatic carbocycles. The Kier molecular flexibility index (Phi) is 6.13. The summed E-state index contributed by atoms with van der Waals surface area (Å²) in [4.78, 5) is 12.2. The third-order valence-corrected chi connectivity index (χ3v) is 3.03. The Hall–Kier alpha value is -0.750. The Morgan fingerprint density at radius 2 is 2.05 bits per heavy atom. The van der Waals surface area contributed by atoms with E-state index in [4.69, 9.17) is 9.47 Å². The van der Waals surface area contributed by atoms with Crippen LogP contribution in [-0.2, 0) is 14.3 Å². The van der Waals surface area contributed by atoms with Gasteiger partial charge in [0.1, 0.15) is 12.1 Å². The molecule has 112 valence electrons. The van der Waals surface area contributed by atoms with Gasteiger partial charge >= 0.3 is 5.97 Å². The molecule has 0 saturated heterocycles. The molecule has 19 heavy (non-hydrogen) atoms. The molecule has 0 aromatic rings. The molecule has 1 atom stereocenters. The molecule has 1 rings (SSSR count). The van der Waals surface area contributed by atoms with Gasteiger partial charge in [0.2, 0.25) is 0 Å². The van der Waals surface area contributed by atoms with E-state index in [-0.39, 0.29) is 25.2 Å². The smallest absolute Gasteiger partial charge is 0.329 e. The second-order valence-electron chi connectivity index (χ2n) is 5.17. The maximum Gasteiger partial charge on any atom is 0.329 e. The van der Waals surface area contributed by atoms with Crippen molar-refractivity contribution in [3.05, 3.63) is 0 Å². The highest BCUT2D eigenvalue weighted by molar-refractivity contribution is 5.82. The van der Waals surface area contributed by atoms with Crippen LogP contribution in [0.25, 0.3) is 0 Å². The van der Waals surface area contributed by atoms with Gasteiger partial charge < -0.3 is 9.47 Å². The summed E-state index contributed by atoms with van der Waals surface area (Å²) in [7, 11) is 0. The third kappa shape index (κ3) is 4.69. The molecule has 0 heterocycles. The van der Waals surface area contributed by atoms with Crippen molar-refractivity contribution in [3.63, 3.8) is 0 Å². The van der Waals surface area contributed by atoms with Gasteiger partial charge in [-0.1, -0.05) is 0 Å². The Morgan fingerprint density at radius 3 is 2.47 bits per heavy atom. The molecule has 1 N–H and O–H groups in total. The first kappa shape index (κ1) is 16.3. The van der Waals surface area contributed by atoms with Crippen molar-refractivity contribution in [2.45, 2.75) is 51.6 Å². The molecular weight excluding hydrogens is 256 g/mol. The summed E-state index contributed by atoms with van der Waals surface area (Å²) in [6, 6.07) is 0.0418. The van der Waals surface area contributed by atoms with Gasteiger partial charge in [0, 0.05) is 6.04 Å². The highest BCUT2D eigenvalue weighted by Gasteiger charge is 2.52. The highest BCUT2D eigenvalue weighted by atomic mass is 19.3. The zero-order chi connectivity index (χ0) is 14.5. The van der Waals surface area contributed by atoms with Crippen molar-refractivity contribution >= 4 is 5.97 Å². The topological polar surface area (TPSA) is 47.6 Å². The van der Waals surface area contributed by atoms with E-state index in [0.29, 0.717) is 0 Å². The van der Waals surface area contributed by atoms with E-state index in [2.05, 4.69) is 5.32 Å². The minimum atomic E-state index is -2.53. The Balaban J connectivity index is 2.75. The molecule has 0 radical (unpaired) electrons. The van der Waals surface area contributed by atoms with Crippen molar-refractivity contribution in [2.75, 3.05) is 19.8 Å². The second kappa shape index (κ2) is 7.14. The van der Waals surface area contributed by atoms with Gasteiger partial charge in [-0.3, -0.25) is 5.32 Å². The summed E-state index contributed by atoms with van der Waals surface area (Å²) >= 11 is 0. The molecule has 1 aliphatic rings. The van der Waals surface area contributed by atoms with Crippen LogP contribution in [0.4, 0.5) is 8.78 Å². The van der Waals surface area contributed by atoms with Crippen LogP contribution in [0.5, 0.6) is 0 Å². The van der Waals surface area contributed by atoms with Crippen LogP contribution in [-0.4, -0.2) is 43.8 Å². The molecule has 0 aliphatic heterocycles. The molecule has 0 spiro atoms. The molecule has 0 aromatic carbocycles. The lowest BCUT2D eigenvalue weighted by molar-refractivity contribution is -0.157. The standard InChI is InChI=1S/C13H23F2NO3/c1-4-19-12(17)13(10-5-6-10,16-9(2)3)8-18-7-11(14)15/h9-11,16H,4-8H2,1-3H3. The summed E-state index contributed by atoms with van der Waals surface area (Å²) in [6.45, 7) is 5.08. The van der Waals surface area contributed by atoms with Gasteiger partial charge in [-0.15, -0.1) is 0 Å². The quantitative estimate of drug-likeness (QED) is 0.656. The molecule has 6 heteroatoms.